The summed E-state index contributed by atoms with van der Waals surface area (Å²) in [5.41, 5.74) is 10.4. The van der Waals surface area contributed by atoms with Crippen LogP contribution in [0, 0.1) is 34.6 Å². The molecule has 0 atom stereocenters. The van der Waals surface area contributed by atoms with Gasteiger partial charge in [0.05, 0.1) is 0 Å². The fourth-order valence-electron chi connectivity index (χ4n) is 2.30. The van der Waals surface area contributed by atoms with Crippen LogP contribution in [0.2, 0.25) is 0 Å². The first kappa shape index (κ1) is 14.0. The Morgan fingerprint density at radius 2 is 1.24 bits per heavy atom. The zero-order valence-electron chi connectivity index (χ0n) is 12.5. The Morgan fingerprint density at radius 1 is 0.824 bits per heavy atom. The lowest BCUT2D eigenvalue weighted by molar-refractivity contribution is 1.04. The second kappa shape index (κ2) is 5.53. The number of hydrogen-bond donors (Lipinski definition) is 0. The van der Waals surface area contributed by atoms with Crippen molar-refractivity contribution < 1.29 is 0 Å². The molecule has 1 aromatic rings. The van der Waals surface area contributed by atoms with Crippen LogP contribution in [0.5, 0.6) is 0 Å². The van der Waals surface area contributed by atoms with Crippen LogP contribution >= 0.6 is 0 Å². The molecule has 0 N–H and O–H groups in total. The summed E-state index contributed by atoms with van der Waals surface area (Å²) in [4.78, 5) is 0. The van der Waals surface area contributed by atoms with E-state index in [1.807, 2.05) is 0 Å². The minimum Gasteiger partial charge on any atom is -0.0812 e. The fourth-order valence-corrected chi connectivity index (χ4v) is 2.30. The van der Waals surface area contributed by atoms with Gasteiger partial charge in [-0.1, -0.05) is 18.6 Å². The van der Waals surface area contributed by atoms with Gasteiger partial charge in [0, 0.05) is 0 Å². The molecule has 0 radical (unpaired) electrons. The number of hydrogen-bond acceptors (Lipinski definition) is 0. The third-order valence-electron chi connectivity index (χ3n) is 4.37. The molecular weight excluding hydrogens is 204 g/mol. The molecule has 0 bridgehead atoms. The Bertz CT molecular complexity index is 419. The van der Waals surface area contributed by atoms with Gasteiger partial charge >= 0.3 is 0 Å². The third-order valence-corrected chi connectivity index (χ3v) is 4.37. The number of benzene rings is 1. The molecule has 17 heavy (non-hydrogen) atoms. The highest BCUT2D eigenvalue weighted by Crippen LogP contribution is 2.26. The van der Waals surface area contributed by atoms with Gasteiger partial charge in [-0.3, -0.25) is 0 Å². The van der Waals surface area contributed by atoms with E-state index in [9.17, 15) is 0 Å². The molecule has 0 fully saturated rings. The highest BCUT2D eigenvalue weighted by molar-refractivity contribution is 5.50. The molecule has 94 valence electrons. The van der Waals surface area contributed by atoms with Gasteiger partial charge in [-0.05, 0) is 87.8 Å². The number of allylic oxidation sites excluding steroid dienone is 2. The Morgan fingerprint density at radius 3 is 1.65 bits per heavy atom. The minimum absolute atomic E-state index is 1.08. The third kappa shape index (κ3) is 2.80. The van der Waals surface area contributed by atoms with Crippen molar-refractivity contribution in [2.45, 2.75) is 61.3 Å². The Hall–Kier alpha value is -1.04. The summed E-state index contributed by atoms with van der Waals surface area (Å²) < 4.78 is 0. The lowest BCUT2D eigenvalue weighted by Gasteiger charge is -2.18. The van der Waals surface area contributed by atoms with Crippen molar-refractivity contribution in [1.82, 2.24) is 0 Å². The smallest absolute Gasteiger partial charge is 0.00894 e. The quantitative estimate of drug-likeness (QED) is 0.632. The molecule has 0 amide bonds. The van der Waals surface area contributed by atoms with Gasteiger partial charge in [0.15, 0.2) is 0 Å². The molecule has 0 spiro atoms. The summed E-state index contributed by atoms with van der Waals surface area (Å²) in [7, 11) is 0. The van der Waals surface area contributed by atoms with Gasteiger partial charge in [0.2, 0.25) is 0 Å². The van der Waals surface area contributed by atoms with E-state index in [0.717, 1.165) is 12.8 Å². The summed E-state index contributed by atoms with van der Waals surface area (Å²) >= 11 is 0. The SMILES string of the molecule is CC/C(C)=C/Cc1c(C)c(C)c(C)c(C)c1C. The predicted octanol–water partition coefficient (Wildman–Crippen LogP) is 5.13. The van der Waals surface area contributed by atoms with Crippen molar-refractivity contribution in [3.8, 4) is 0 Å². The van der Waals surface area contributed by atoms with Crippen LogP contribution < -0.4 is 0 Å². The van der Waals surface area contributed by atoms with Crippen molar-refractivity contribution in [2.75, 3.05) is 0 Å². The van der Waals surface area contributed by atoms with E-state index in [1.165, 1.54) is 39.0 Å². The van der Waals surface area contributed by atoms with E-state index in [0.29, 0.717) is 0 Å². The molecular formula is C17H26. The first-order valence-electron chi connectivity index (χ1n) is 6.61. The van der Waals surface area contributed by atoms with Crippen molar-refractivity contribution in [3.05, 3.63) is 45.0 Å². The first-order valence-corrected chi connectivity index (χ1v) is 6.61. The molecule has 0 saturated heterocycles. The number of rotatable bonds is 3. The lowest BCUT2D eigenvalue weighted by Crippen LogP contribution is -2.02. The van der Waals surface area contributed by atoms with Crippen molar-refractivity contribution in [1.29, 1.82) is 0 Å². The molecule has 0 aliphatic carbocycles. The molecule has 0 saturated carbocycles. The summed E-state index contributed by atoms with van der Waals surface area (Å²) in [6, 6.07) is 0. The molecule has 1 aromatic carbocycles. The van der Waals surface area contributed by atoms with Crippen molar-refractivity contribution in [3.63, 3.8) is 0 Å². The Labute approximate surface area is 107 Å². The Kier molecular flexibility index (Phi) is 4.56. The summed E-state index contributed by atoms with van der Waals surface area (Å²) in [5, 5.41) is 0. The van der Waals surface area contributed by atoms with E-state index in [-0.39, 0.29) is 0 Å². The summed E-state index contributed by atoms with van der Waals surface area (Å²) in [5.74, 6) is 0. The van der Waals surface area contributed by atoms with Crippen LogP contribution in [-0.4, -0.2) is 0 Å². The van der Waals surface area contributed by atoms with Crippen molar-refractivity contribution in [2.24, 2.45) is 0 Å². The molecule has 0 unspecified atom stereocenters. The molecule has 0 nitrogen and oxygen atoms in total. The molecule has 1 rings (SSSR count). The zero-order valence-corrected chi connectivity index (χ0v) is 12.5. The van der Waals surface area contributed by atoms with E-state index < -0.39 is 0 Å². The summed E-state index contributed by atoms with van der Waals surface area (Å²) in [6.07, 6.45) is 4.62. The van der Waals surface area contributed by atoms with Gasteiger partial charge in [-0.25, -0.2) is 0 Å². The average Bonchev–Trinajstić information content (AvgIpc) is 2.33. The molecule has 0 aliphatic heterocycles. The maximum atomic E-state index is 2.38. The monoisotopic (exact) mass is 230 g/mol. The van der Waals surface area contributed by atoms with Gasteiger partial charge in [-0.2, -0.15) is 0 Å². The van der Waals surface area contributed by atoms with Crippen LogP contribution in [0.3, 0.4) is 0 Å². The standard InChI is InChI=1S/C17H26/c1-8-11(2)9-10-17-15(6)13(4)12(3)14(5)16(17)7/h9H,8,10H2,1-7H3/b11-9+. The van der Waals surface area contributed by atoms with E-state index >= 15 is 0 Å². The second-order valence-corrected chi connectivity index (χ2v) is 5.21. The maximum Gasteiger partial charge on any atom is -0.00894 e. The van der Waals surface area contributed by atoms with Crippen LogP contribution in [0.4, 0.5) is 0 Å². The predicted molar refractivity (Wildman–Crippen MR) is 77.9 cm³/mol. The van der Waals surface area contributed by atoms with Crippen molar-refractivity contribution >= 4 is 0 Å². The first-order chi connectivity index (χ1) is 7.90. The van der Waals surface area contributed by atoms with Crippen LogP contribution in [0.25, 0.3) is 0 Å². The topological polar surface area (TPSA) is 0 Å². The average molecular weight is 230 g/mol. The van der Waals surface area contributed by atoms with Crippen LogP contribution in [-0.2, 0) is 6.42 Å². The van der Waals surface area contributed by atoms with Crippen LogP contribution in [0.15, 0.2) is 11.6 Å². The summed E-state index contributed by atoms with van der Waals surface area (Å²) in [6.45, 7) is 15.7. The van der Waals surface area contributed by atoms with E-state index in [4.69, 9.17) is 0 Å². The normalized spacial score (nSPS) is 12.1. The second-order valence-electron chi connectivity index (χ2n) is 5.21. The molecule has 0 aliphatic rings. The molecule has 0 heterocycles. The van der Waals surface area contributed by atoms with E-state index in [2.05, 4.69) is 54.5 Å². The van der Waals surface area contributed by atoms with Gasteiger partial charge in [0.25, 0.3) is 0 Å². The van der Waals surface area contributed by atoms with Gasteiger partial charge < -0.3 is 0 Å². The Balaban J connectivity index is 3.25. The fraction of sp³-hybridized carbons (Fsp3) is 0.529. The minimum atomic E-state index is 1.08. The van der Waals surface area contributed by atoms with E-state index in [1.54, 1.807) is 0 Å². The van der Waals surface area contributed by atoms with Gasteiger partial charge in [-0.15, -0.1) is 0 Å². The largest absolute Gasteiger partial charge is 0.0812 e. The highest BCUT2D eigenvalue weighted by Gasteiger charge is 2.10. The zero-order chi connectivity index (χ0) is 13.2. The highest BCUT2D eigenvalue weighted by atomic mass is 14.2. The molecule has 0 aromatic heterocycles. The maximum absolute atomic E-state index is 2.38. The van der Waals surface area contributed by atoms with Gasteiger partial charge in [0.1, 0.15) is 0 Å². The van der Waals surface area contributed by atoms with Crippen LogP contribution in [0.1, 0.15) is 53.6 Å². The molecule has 0 heteroatoms. The lowest BCUT2D eigenvalue weighted by atomic mass is 9.88.